The highest BCUT2D eigenvalue weighted by Crippen LogP contribution is 2.72. The summed E-state index contributed by atoms with van der Waals surface area (Å²) in [5.41, 5.74) is 0. The Hall–Kier alpha value is -1.85. The summed E-state index contributed by atoms with van der Waals surface area (Å²) in [6.07, 6.45) is -1.42. The van der Waals surface area contributed by atoms with E-state index in [0.717, 1.165) is 0 Å². The topological polar surface area (TPSA) is 46.5 Å². The first-order chi connectivity index (χ1) is 12.4. The van der Waals surface area contributed by atoms with Crippen LogP contribution in [-0.2, 0) is 4.18 Å². The van der Waals surface area contributed by atoms with Gasteiger partial charge in [-0.05, 0) is 46.7 Å². The molecular formula is C19H13Cl3O3S. The van der Waals surface area contributed by atoms with Gasteiger partial charge in [-0.1, -0.05) is 71.2 Å². The lowest BCUT2D eigenvalue weighted by molar-refractivity contribution is 0.150. The lowest BCUT2D eigenvalue weighted by atomic mass is 10.3. The second kappa shape index (κ2) is 7.80. The number of benzene rings is 3. The summed E-state index contributed by atoms with van der Waals surface area (Å²) in [7, 11) is -2.73. The lowest BCUT2D eigenvalue weighted by Gasteiger charge is -2.39. The predicted molar refractivity (Wildman–Crippen MR) is 106 cm³/mol. The third-order valence-electron chi connectivity index (χ3n) is 3.60. The highest BCUT2D eigenvalue weighted by molar-refractivity contribution is 8.30. The maximum atomic E-state index is 11.7. The molecule has 0 fully saturated rings. The molecular weight excluding hydrogens is 415 g/mol. The van der Waals surface area contributed by atoms with E-state index in [2.05, 4.69) is 0 Å². The molecule has 0 unspecified atom stereocenters. The molecule has 26 heavy (non-hydrogen) atoms. The van der Waals surface area contributed by atoms with Crippen LogP contribution in [0.15, 0.2) is 87.5 Å². The maximum Gasteiger partial charge on any atom is 0.517 e. The zero-order valence-electron chi connectivity index (χ0n) is 13.2. The van der Waals surface area contributed by atoms with Crippen LogP contribution in [0.3, 0.4) is 0 Å². The molecule has 0 aliphatic rings. The van der Waals surface area contributed by atoms with Crippen molar-refractivity contribution in [1.82, 2.24) is 0 Å². The predicted octanol–water partition coefficient (Wildman–Crippen LogP) is 7.54. The van der Waals surface area contributed by atoms with Crippen LogP contribution < -0.4 is 0 Å². The van der Waals surface area contributed by atoms with E-state index in [1.807, 2.05) is 36.4 Å². The summed E-state index contributed by atoms with van der Waals surface area (Å²) >= 11 is 19.0. The van der Waals surface area contributed by atoms with Crippen LogP contribution >= 0.6 is 45.1 Å². The Morgan fingerprint density at radius 1 is 0.808 bits per heavy atom. The summed E-state index contributed by atoms with van der Waals surface area (Å²) in [6.45, 7) is 0. The minimum absolute atomic E-state index is 0.242. The van der Waals surface area contributed by atoms with Crippen LogP contribution in [0.5, 0.6) is 0 Å². The minimum atomic E-state index is -2.73. The van der Waals surface area contributed by atoms with E-state index < -0.39 is 16.5 Å². The molecule has 7 heteroatoms. The normalized spacial score (nSPS) is 11.8. The van der Waals surface area contributed by atoms with Crippen LogP contribution in [-0.4, -0.2) is 11.3 Å². The van der Waals surface area contributed by atoms with Gasteiger partial charge in [0.25, 0.3) is 0 Å². The van der Waals surface area contributed by atoms with Crippen LogP contribution in [0, 0.1) is 0 Å². The third-order valence-corrected chi connectivity index (χ3v) is 7.91. The largest absolute Gasteiger partial charge is 0.517 e. The van der Waals surface area contributed by atoms with Gasteiger partial charge >= 0.3 is 6.16 Å². The fourth-order valence-corrected chi connectivity index (χ4v) is 7.09. The van der Waals surface area contributed by atoms with Gasteiger partial charge in [-0.2, -0.15) is 0 Å². The standard InChI is InChI=1S/C19H13Cl3O3S/c20-13-11-16(21)18(17(22)12-13)26(25-19(23)24,14-7-3-1-4-8-14)15-9-5-2-6-10-15/h1-12H,(H,23,24). The van der Waals surface area contributed by atoms with Gasteiger partial charge in [0, 0.05) is 14.8 Å². The van der Waals surface area contributed by atoms with Crippen molar-refractivity contribution >= 4 is 51.3 Å². The second-order valence-electron chi connectivity index (χ2n) is 5.23. The van der Waals surface area contributed by atoms with Crippen LogP contribution in [0.25, 0.3) is 0 Å². The average Bonchev–Trinajstić information content (AvgIpc) is 2.61. The van der Waals surface area contributed by atoms with E-state index in [9.17, 15) is 9.90 Å². The molecule has 0 saturated heterocycles. The monoisotopic (exact) mass is 426 g/mol. The smallest absolute Gasteiger partial charge is 0.449 e. The summed E-state index contributed by atoms with van der Waals surface area (Å²) in [4.78, 5) is 13.4. The molecule has 3 aromatic carbocycles. The van der Waals surface area contributed by atoms with E-state index in [1.165, 1.54) is 12.1 Å². The van der Waals surface area contributed by atoms with E-state index in [4.69, 9.17) is 39.0 Å². The molecule has 0 bridgehead atoms. The van der Waals surface area contributed by atoms with E-state index in [1.54, 1.807) is 24.3 Å². The number of rotatable bonds is 4. The van der Waals surface area contributed by atoms with Gasteiger partial charge in [-0.15, -0.1) is 0 Å². The molecule has 3 aromatic rings. The Kier molecular flexibility index (Phi) is 5.68. The maximum absolute atomic E-state index is 11.7. The molecule has 0 heterocycles. The van der Waals surface area contributed by atoms with Gasteiger partial charge in [0.15, 0.2) is 0 Å². The number of hydrogen-bond donors (Lipinski definition) is 1. The van der Waals surface area contributed by atoms with Gasteiger partial charge in [0.05, 0.1) is 14.9 Å². The first kappa shape index (κ1) is 18.9. The van der Waals surface area contributed by atoms with Crippen LogP contribution in [0.2, 0.25) is 15.1 Å². The van der Waals surface area contributed by atoms with Crippen molar-refractivity contribution in [2.45, 2.75) is 14.7 Å². The molecule has 0 aromatic heterocycles. The molecule has 0 spiro atoms. The molecule has 0 amide bonds. The van der Waals surface area contributed by atoms with Gasteiger partial charge in [0.2, 0.25) is 0 Å². The van der Waals surface area contributed by atoms with Crippen LogP contribution in [0.1, 0.15) is 0 Å². The van der Waals surface area contributed by atoms with Gasteiger partial charge < -0.3 is 9.29 Å². The quantitative estimate of drug-likeness (QED) is 0.468. The Labute approximate surface area is 167 Å². The molecule has 3 rings (SSSR count). The van der Waals surface area contributed by atoms with Crippen molar-refractivity contribution < 1.29 is 14.1 Å². The second-order valence-corrected chi connectivity index (χ2v) is 9.11. The van der Waals surface area contributed by atoms with E-state index in [0.29, 0.717) is 19.7 Å². The van der Waals surface area contributed by atoms with Crippen molar-refractivity contribution in [3.05, 3.63) is 87.9 Å². The number of halogens is 3. The fraction of sp³-hybridized carbons (Fsp3) is 0. The molecule has 0 saturated carbocycles. The fourth-order valence-electron chi connectivity index (χ4n) is 2.64. The van der Waals surface area contributed by atoms with Crippen LogP contribution in [0.4, 0.5) is 4.79 Å². The molecule has 0 aliphatic carbocycles. The zero-order chi connectivity index (χ0) is 18.7. The van der Waals surface area contributed by atoms with Crippen molar-refractivity contribution in [1.29, 1.82) is 0 Å². The van der Waals surface area contributed by atoms with Crippen molar-refractivity contribution in [3.63, 3.8) is 0 Å². The van der Waals surface area contributed by atoms with Crippen molar-refractivity contribution in [3.8, 4) is 0 Å². The van der Waals surface area contributed by atoms with Gasteiger partial charge in [-0.3, -0.25) is 0 Å². The molecule has 3 nitrogen and oxygen atoms in total. The molecule has 134 valence electrons. The highest BCUT2D eigenvalue weighted by atomic mass is 35.5. The minimum Gasteiger partial charge on any atom is -0.449 e. The Balaban J connectivity index is 2.44. The Bertz CT molecular complexity index is 871. The number of carboxylic acid groups (broad SMARTS) is 1. The summed E-state index contributed by atoms with van der Waals surface area (Å²) in [5.74, 6) is 0. The third kappa shape index (κ3) is 3.51. The van der Waals surface area contributed by atoms with Gasteiger partial charge in [-0.25, -0.2) is 4.79 Å². The number of hydrogen-bond acceptors (Lipinski definition) is 2. The van der Waals surface area contributed by atoms with Crippen molar-refractivity contribution in [2.75, 3.05) is 0 Å². The van der Waals surface area contributed by atoms with E-state index in [-0.39, 0.29) is 10.0 Å². The summed E-state index contributed by atoms with van der Waals surface area (Å²) < 4.78 is 5.59. The van der Waals surface area contributed by atoms with Crippen molar-refractivity contribution in [2.24, 2.45) is 0 Å². The Morgan fingerprint density at radius 2 is 1.23 bits per heavy atom. The molecule has 1 N–H and O–H groups in total. The average molecular weight is 428 g/mol. The number of carbonyl (C=O) groups is 1. The molecule has 0 aliphatic heterocycles. The molecule has 0 radical (unpaired) electrons. The summed E-state index contributed by atoms with van der Waals surface area (Å²) in [5, 5.41) is 10.4. The zero-order valence-corrected chi connectivity index (χ0v) is 16.3. The Morgan fingerprint density at radius 3 is 1.62 bits per heavy atom. The van der Waals surface area contributed by atoms with E-state index >= 15 is 0 Å². The SMILES string of the molecule is O=C(O)OS(c1ccccc1)(c1ccccc1)c1c(Cl)cc(Cl)cc1Cl. The van der Waals surface area contributed by atoms with Gasteiger partial charge in [0.1, 0.15) is 0 Å². The first-order valence-electron chi connectivity index (χ1n) is 7.45. The highest BCUT2D eigenvalue weighted by Gasteiger charge is 2.39. The lowest BCUT2D eigenvalue weighted by Crippen LogP contribution is -2.13. The molecule has 0 atom stereocenters. The first-order valence-corrected chi connectivity index (χ1v) is 10.1. The summed E-state index contributed by atoms with van der Waals surface area (Å²) in [6, 6.07) is 21.2.